The number of phosphoric ester groups is 3. The molecule has 25 nitrogen and oxygen atoms in total. The maximum Gasteiger partial charge on any atom is 0.481 e. The van der Waals surface area contributed by atoms with Crippen molar-refractivity contribution in [2.75, 3.05) is 18.9 Å². The number of nitrogens with zero attached hydrogens (tertiary/aromatic N) is 5. The number of aliphatic hydroxyl groups excluding tert-OH is 4. The number of hydrogen-bond acceptors (Lipinski definition) is 19. The van der Waals surface area contributed by atoms with Crippen LogP contribution in [0.3, 0.4) is 0 Å². The van der Waals surface area contributed by atoms with Crippen molar-refractivity contribution in [3.05, 3.63) is 24.4 Å². The minimum atomic E-state index is -5.55. The Kier molecular flexibility index (Phi) is 11.0. The molecule has 5 rings (SSSR count). The van der Waals surface area contributed by atoms with Gasteiger partial charge in [-0.1, -0.05) is 0 Å². The second kappa shape index (κ2) is 14.3. The minimum absolute atomic E-state index is 0.00528. The predicted octanol–water partition coefficient (Wildman–Crippen LogP) is -3.37. The van der Waals surface area contributed by atoms with Crippen molar-refractivity contribution in [2.24, 2.45) is 5.73 Å². The molecule has 5 heterocycles. The number of hydrogen-bond donors (Lipinski definition) is 10. The number of primary amides is 1. The van der Waals surface area contributed by atoms with Crippen molar-refractivity contribution in [3.8, 4) is 0 Å². The lowest BCUT2D eigenvalue weighted by molar-refractivity contribution is -0.137. The van der Waals surface area contributed by atoms with Gasteiger partial charge in [0.05, 0.1) is 19.5 Å². The number of carbonyl (C=O) groups excluding carboxylic acids is 1. The predicted molar refractivity (Wildman–Crippen MR) is 154 cm³/mol. The van der Waals surface area contributed by atoms with Crippen LogP contribution in [0.4, 0.5) is 5.82 Å². The van der Waals surface area contributed by atoms with Gasteiger partial charge in [-0.15, -0.1) is 0 Å². The van der Waals surface area contributed by atoms with E-state index in [-0.39, 0.29) is 35.4 Å². The SMILES string of the molecule is NC(=O)C1=CN([C@@H]2O[C@H](COP(=O)(O)OP(=O)(O)OC[C@H]3O[C@@H](n4cnc5c(N)ncnc54)[C@H](OP(=O)(O)O)[C@@H]3O)[C@@H](O)[C@H]2O)[C@H](O)CC1. The molecule has 49 heavy (non-hydrogen) atoms. The number of fused-ring (bicyclic) bond motifs is 1. The van der Waals surface area contributed by atoms with Crippen LogP contribution < -0.4 is 11.5 Å². The summed E-state index contributed by atoms with van der Waals surface area (Å²) in [4.78, 5) is 63.3. The monoisotopic (exact) mass is 763 g/mol. The second-order valence-corrected chi connectivity index (χ2v) is 15.1. The number of rotatable bonds is 13. The Labute approximate surface area is 274 Å². The number of nitrogen functional groups attached to an aromatic ring is 1. The molecule has 0 spiro atoms. The van der Waals surface area contributed by atoms with Gasteiger partial charge in [0.2, 0.25) is 5.91 Å². The smallest absolute Gasteiger partial charge is 0.387 e. The van der Waals surface area contributed by atoms with E-state index in [1.54, 1.807) is 0 Å². The molecule has 0 bridgehead atoms. The molecule has 28 heteroatoms. The number of aliphatic hydroxyl groups is 4. The maximum atomic E-state index is 12.6. The first-order valence-corrected chi connectivity index (χ1v) is 18.4. The van der Waals surface area contributed by atoms with Crippen LogP contribution in [0.15, 0.2) is 24.4 Å². The van der Waals surface area contributed by atoms with E-state index < -0.39 is 97.9 Å². The van der Waals surface area contributed by atoms with Crippen molar-refractivity contribution in [1.29, 1.82) is 0 Å². The van der Waals surface area contributed by atoms with Crippen LogP contribution in [0, 0.1) is 0 Å². The first-order chi connectivity index (χ1) is 22.8. The van der Waals surface area contributed by atoms with Gasteiger partial charge >= 0.3 is 23.5 Å². The fourth-order valence-corrected chi connectivity index (χ4v) is 7.87. The van der Waals surface area contributed by atoms with Gasteiger partial charge in [-0.25, -0.2) is 28.6 Å². The van der Waals surface area contributed by atoms with Crippen LogP contribution in [0.5, 0.6) is 0 Å². The lowest BCUT2D eigenvalue weighted by atomic mass is 10.0. The van der Waals surface area contributed by atoms with Crippen LogP contribution in [0.2, 0.25) is 0 Å². The molecule has 2 fully saturated rings. The van der Waals surface area contributed by atoms with Crippen molar-refractivity contribution in [1.82, 2.24) is 24.4 Å². The van der Waals surface area contributed by atoms with E-state index in [1.807, 2.05) is 0 Å². The van der Waals surface area contributed by atoms with Gasteiger partial charge < -0.3 is 65.8 Å². The number of phosphoric acid groups is 3. The zero-order valence-corrected chi connectivity index (χ0v) is 27.3. The Balaban J connectivity index is 1.20. The van der Waals surface area contributed by atoms with Crippen molar-refractivity contribution in [2.45, 2.75) is 68.1 Å². The molecule has 0 aliphatic carbocycles. The zero-order valence-electron chi connectivity index (χ0n) is 24.6. The molecule has 2 unspecified atom stereocenters. The Morgan fingerprint density at radius 1 is 0.918 bits per heavy atom. The largest absolute Gasteiger partial charge is 0.481 e. The summed E-state index contributed by atoms with van der Waals surface area (Å²) in [6.45, 7) is -2.10. The maximum absolute atomic E-state index is 12.6. The van der Waals surface area contributed by atoms with Gasteiger partial charge in [-0.05, 0) is 12.8 Å². The van der Waals surface area contributed by atoms with Gasteiger partial charge in [0, 0.05) is 11.8 Å². The number of carbonyl (C=O) groups is 1. The topological polar surface area (TPSA) is 384 Å². The fourth-order valence-electron chi connectivity index (χ4n) is 5.23. The molecule has 274 valence electrons. The molecule has 0 saturated carbocycles. The summed E-state index contributed by atoms with van der Waals surface area (Å²) < 4.78 is 67.2. The highest BCUT2D eigenvalue weighted by Crippen LogP contribution is 2.61. The first-order valence-electron chi connectivity index (χ1n) is 13.9. The summed E-state index contributed by atoms with van der Waals surface area (Å²) in [5.74, 6) is -0.861. The molecule has 12 N–H and O–H groups in total. The molecule has 2 saturated heterocycles. The highest BCUT2D eigenvalue weighted by atomic mass is 31.3. The number of anilines is 1. The summed E-state index contributed by atoms with van der Waals surface area (Å²) >= 11 is 0. The summed E-state index contributed by atoms with van der Waals surface area (Å²) in [6, 6.07) is 0. The van der Waals surface area contributed by atoms with E-state index in [0.29, 0.717) is 0 Å². The molecule has 3 aliphatic rings. The molecular formula is C21H32N7O18P3. The van der Waals surface area contributed by atoms with Crippen LogP contribution in [0.1, 0.15) is 19.1 Å². The number of amides is 1. The minimum Gasteiger partial charge on any atom is -0.387 e. The van der Waals surface area contributed by atoms with E-state index in [9.17, 15) is 58.5 Å². The molecule has 3 aliphatic heterocycles. The quantitative estimate of drug-likeness (QED) is 0.0890. The molecule has 2 aromatic rings. The van der Waals surface area contributed by atoms with E-state index >= 15 is 0 Å². The van der Waals surface area contributed by atoms with Crippen molar-refractivity contribution < 1.29 is 85.8 Å². The van der Waals surface area contributed by atoms with Gasteiger partial charge in [0.25, 0.3) is 0 Å². The molecule has 11 atom stereocenters. The van der Waals surface area contributed by atoms with E-state index in [0.717, 1.165) is 28.3 Å². The average Bonchev–Trinajstić information content (AvgIpc) is 3.64. The zero-order chi connectivity index (χ0) is 36.1. The molecule has 0 radical (unpaired) electrons. The number of aromatic nitrogens is 4. The number of nitrogens with two attached hydrogens (primary N) is 2. The Morgan fingerprint density at radius 3 is 2.14 bits per heavy atom. The molecular weight excluding hydrogens is 731 g/mol. The Hall–Kier alpha value is -2.51. The van der Waals surface area contributed by atoms with Crippen LogP contribution in [-0.4, -0.2) is 133 Å². The van der Waals surface area contributed by atoms with Crippen LogP contribution >= 0.6 is 23.5 Å². The molecule has 1 amide bonds. The molecule has 0 aromatic carbocycles. The van der Waals surface area contributed by atoms with E-state index in [4.69, 9.17) is 25.5 Å². The van der Waals surface area contributed by atoms with Crippen LogP contribution in [0.25, 0.3) is 11.2 Å². The van der Waals surface area contributed by atoms with E-state index in [2.05, 4.69) is 28.3 Å². The Bertz CT molecular complexity index is 1720. The summed E-state index contributed by atoms with van der Waals surface area (Å²) in [5.41, 5.74) is 11.2. The molecule has 2 aromatic heterocycles. The fraction of sp³-hybridized carbons (Fsp3) is 0.619. The van der Waals surface area contributed by atoms with Crippen molar-refractivity contribution >= 4 is 46.4 Å². The average molecular weight is 763 g/mol. The third kappa shape index (κ3) is 8.52. The normalized spacial score (nSPS) is 33.3. The third-order valence-electron chi connectivity index (χ3n) is 7.51. The van der Waals surface area contributed by atoms with E-state index in [1.165, 1.54) is 0 Å². The summed E-state index contributed by atoms with van der Waals surface area (Å²) in [5, 5.41) is 41.9. The van der Waals surface area contributed by atoms with Crippen molar-refractivity contribution in [3.63, 3.8) is 0 Å². The van der Waals surface area contributed by atoms with Gasteiger partial charge in [-0.2, -0.15) is 4.31 Å². The summed E-state index contributed by atoms with van der Waals surface area (Å²) in [7, 11) is -16.4. The lowest BCUT2D eigenvalue weighted by Crippen LogP contribution is -2.48. The highest BCUT2D eigenvalue weighted by Gasteiger charge is 2.51. The Morgan fingerprint density at radius 2 is 1.53 bits per heavy atom. The van der Waals surface area contributed by atoms with Crippen LogP contribution in [-0.2, 0) is 45.8 Å². The second-order valence-electron chi connectivity index (χ2n) is 10.8. The van der Waals surface area contributed by atoms with Gasteiger partial charge in [0.1, 0.15) is 54.7 Å². The standard InChI is InChI=1S/C21H32N7O18P3/c22-17-12-19(25-6-24-17)28(7-26-12)21-16(45-47(34,35)36)14(31)10(44-21)5-42-49(39,40)46-48(37,38)41-4-9-13(30)15(32)20(43-9)27-3-8(18(23)33)1-2-11(27)29/h3,6-7,9-11,13-16,20-21,29-32H,1-2,4-5H2,(H2,23,33)(H,37,38)(H,39,40)(H2,22,24,25)(H2,34,35,36)/t9-,10-,11-,13-,14-,15-,16-,20-,21-/m1/s1. The van der Waals surface area contributed by atoms with Gasteiger partial charge in [0.15, 0.2) is 23.9 Å². The number of ether oxygens (including phenoxy) is 2. The number of imidazole rings is 1. The van der Waals surface area contributed by atoms with Gasteiger partial charge in [-0.3, -0.25) is 22.9 Å². The third-order valence-corrected chi connectivity index (χ3v) is 10.6. The lowest BCUT2D eigenvalue weighted by Gasteiger charge is -2.36. The first kappa shape index (κ1) is 37.7. The highest BCUT2D eigenvalue weighted by molar-refractivity contribution is 7.61. The summed E-state index contributed by atoms with van der Waals surface area (Å²) in [6.07, 6.45) is -11.5.